The van der Waals surface area contributed by atoms with Crippen molar-refractivity contribution in [1.29, 1.82) is 0 Å². The van der Waals surface area contributed by atoms with Crippen molar-refractivity contribution in [1.82, 2.24) is 10.6 Å². The largest absolute Gasteiger partial charge is 0.481 e. The van der Waals surface area contributed by atoms with Crippen LogP contribution in [0.15, 0.2) is 29.3 Å². The fourth-order valence-corrected chi connectivity index (χ4v) is 1.86. The van der Waals surface area contributed by atoms with Gasteiger partial charge in [-0.05, 0) is 31.3 Å². The number of ether oxygens (including phenoxy) is 1. The van der Waals surface area contributed by atoms with E-state index in [-0.39, 0.29) is 0 Å². The van der Waals surface area contributed by atoms with E-state index in [0.29, 0.717) is 11.0 Å². The number of hydrogen-bond acceptors (Lipinski definition) is 3. The summed E-state index contributed by atoms with van der Waals surface area (Å²) in [5, 5.41) is 5.86. The highest BCUT2D eigenvalue weighted by Gasteiger charge is 2.33. The fourth-order valence-electron chi connectivity index (χ4n) is 1.44. The number of alkyl halides is 3. The number of aryl methyl sites for hydroxylation is 1. The van der Waals surface area contributed by atoms with Crippen LogP contribution in [-0.2, 0) is 4.74 Å². The molecule has 4 nitrogen and oxygen atoms in total. The molecule has 0 aliphatic rings. The van der Waals surface area contributed by atoms with Gasteiger partial charge in [0.05, 0.1) is 7.11 Å². The molecule has 0 fully saturated rings. The maximum absolute atomic E-state index is 5.93. The number of nitrogens with one attached hydrogen (secondary N) is 2. The lowest BCUT2D eigenvalue weighted by Crippen LogP contribution is -2.46. The summed E-state index contributed by atoms with van der Waals surface area (Å²) in [6, 6.07) is 7.65. The van der Waals surface area contributed by atoms with Crippen molar-refractivity contribution in [3.05, 3.63) is 35.4 Å². The minimum Gasteiger partial charge on any atom is -0.481 e. The fraction of sp³-hybridized carbons (Fsp3) is 0.385. The molecule has 8 heteroatoms. The van der Waals surface area contributed by atoms with Gasteiger partial charge in [-0.15, -0.1) is 0 Å². The average Bonchev–Trinajstić information content (AvgIpc) is 2.43. The van der Waals surface area contributed by atoms with Crippen molar-refractivity contribution < 1.29 is 4.74 Å². The molecule has 21 heavy (non-hydrogen) atoms. The second-order valence-corrected chi connectivity index (χ2v) is 6.95. The Hall–Kier alpha value is -0.750. The lowest BCUT2D eigenvalue weighted by molar-refractivity contribution is 0.397. The van der Waals surface area contributed by atoms with Gasteiger partial charge in [0.2, 0.25) is 9.69 Å². The van der Waals surface area contributed by atoms with Crippen LogP contribution in [0.2, 0.25) is 0 Å². The van der Waals surface area contributed by atoms with Gasteiger partial charge in [-0.25, -0.2) is 4.99 Å². The molecule has 0 aliphatic carbocycles. The summed E-state index contributed by atoms with van der Waals surface area (Å²) in [5.41, 5.74) is 1.90. The van der Waals surface area contributed by atoms with Crippen molar-refractivity contribution in [2.75, 3.05) is 14.2 Å². The zero-order valence-corrected chi connectivity index (χ0v) is 14.9. The number of rotatable bonds is 3. The number of thiocarbonyl (C=S) groups is 1. The summed E-state index contributed by atoms with van der Waals surface area (Å²) < 4.78 is 3.60. The molecular formula is C13H16Cl3N3OS. The number of aliphatic imine (C=N–C) groups is 1. The van der Waals surface area contributed by atoms with Crippen LogP contribution in [0.1, 0.15) is 11.1 Å². The summed E-state index contributed by atoms with van der Waals surface area (Å²) in [7, 11) is 3.16. The van der Waals surface area contributed by atoms with E-state index in [0.717, 1.165) is 11.1 Å². The van der Waals surface area contributed by atoms with E-state index < -0.39 is 9.96 Å². The molecule has 116 valence electrons. The summed E-state index contributed by atoms with van der Waals surface area (Å²) in [4.78, 5) is 4.31. The second-order valence-electron chi connectivity index (χ2n) is 4.17. The third kappa shape index (κ3) is 5.87. The van der Waals surface area contributed by atoms with Crippen LogP contribution in [0.5, 0.6) is 0 Å². The van der Waals surface area contributed by atoms with Crippen LogP contribution in [-0.4, -0.2) is 35.1 Å². The predicted molar refractivity (Wildman–Crippen MR) is 93.6 cm³/mol. The van der Waals surface area contributed by atoms with E-state index in [1.807, 2.05) is 31.2 Å². The van der Waals surface area contributed by atoms with Crippen LogP contribution in [0, 0.1) is 6.92 Å². The van der Waals surface area contributed by atoms with Gasteiger partial charge in [-0.3, -0.25) is 0 Å². The Labute approximate surface area is 144 Å². The summed E-state index contributed by atoms with van der Waals surface area (Å²) >= 11 is 22.8. The van der Waals surface area contributed by atoms with E-state index in [1.165, 1.54) is 7.11 Å². The van der Waals surface area contributed by atoms with E-state index >= 15 is 0 Å². The number of methoxy groups -OCH3 is 1. The second kappa shape index (κ2) is 8.03. The first-order valence-electron chi connectivity index (χ1n) is 6.01. The SMILES string of the molecule is CNC(=S)NC(N=C(OC)c1ccc(C)cc1)C(Cl)(Cl)Cl. The Kier molecular flexibility index (Phi) is 7.00. The van der Waals surface area contributed by atoms with E-state index in [4.69, 9.17) is 51.8 Å². The van der Waals surface area contributed by atoms with Gasteiger partial charge in [-0.1, -0.05) is 52.5 Å². The Morgan fingerprint density at radius 3 is 2.29 bits per heavy atom. The number of hydrogen-bond donors (Lipinski definition) is 2. The molecule has 0 heterocycles. The van der Waals surface area contributed by atoms with Crippen molar-refractivity contribution >= 4 is 58.0 Å². The Morgan fingerprint density at radius 1 is 1.29 bits per heavy atom. The quantitative estimate of drug-likeness (QED) is 0.372. The van der Waals surface area contributed by atoms with Gasteiger partial charge in [0.25, 0.3) is 0 Å². The van der Waals surface area contributed by atoms with Crippen LogP contribution >= 0.6 is 47.0 Å². The molecule has 2 N–H and O–H groups in total. The summed E-state index contributed by atoms with van der Waals surface area (Å²) in [6.45, 7) is 1.99. The number of nitrogens with zero attached hydrogens (tertiary/aromatic N) is 1. The predicted octanol–water partition coefficient (Wildman–Crippen LogP) is 3.18. The highest BCUT2D eigenvalue weighted by molar-refractivity contribution is 7.80. The van der Waals surface area contributed by atoms with Gasteiger partial charge in [0.1, 0.15) is 0 Å². The van der Waals surface area contributed by atoms with Crippen molar-refractivity contribution in [3.8, 4) is 0 Å². The van der Waals surface area contributed by atoms with Gasteiger partial charge >= 0.3 is 0 Å². The molecule has 0 spiro atoms. The van der Waals surface area contributed by atoms with Crippen LogP contribution < -0.4 is 10.6 Å². The first-order chi connectivity index (χ1) is 9.77. The van der Waals surface area contributed by atoms with E-state index in [9.17, 15) is 0 Å². The van der Waals surface area contributed by atoms with Crippen LogP contribution in [0.4, 0.5) is 0 Å². The van der Waals surface area contributed by atoms with Gasteiger partial charge < -0.3 is 15.4 Å². The molecule has 0 radical (unpaired) electrons. The molecule has 0 bridgehead atoms. The number of halogens is 3. The highest BCUT2D eigenvalue weighted by Crippen LogP contribution is 2.31. The maximum atomic E-state index is 5.93. The van der Waals surface area contributed by atoms with Crippen molar-refractivity contribution in [3.63, 3.8) is 0 Å². The Balaban J connectivity index is 3.10. The molecule has 1 atom stereocenters. The van der Waals surface area contributed by atoms with Crippen LogP contribution in [0.3, 0.4) is 0 Å². The zero-order chi connectivity index (χ0) is 16.0. The third-order valence-electron chi connectivity index (χ3n) is 2.54. The first kappa shape index (κ1) is 18.3. The number of benzene rings is 1. The lowest BCUT2D eigenvalue weighted by atomic mass is 10.1. The molecule has 1 aromatic carbocycles. The lowest BCUT2D eigenvalue weighted by Gasteiger charge is -2.23. The Bertz CT molecular complexity index is 514. The molecule has 0 aromatic heterocycles. The summed E-state index contributed by atoms with van der Waals surface area (Å²) in [6.07, 6.45) is -0.890. The van der Waals surface area contributed by atoms with E-state index in [1.54, 1.807) is 7.05 Å². The molecule has 1 aromatic rings. The highest BCUT2D eigenvalue weighted by atomic mass is 35.6. The molecule has 1 unspecified atom stereocenters. The molecule has 0 amide bonds. The normalized spacial score (nSPS) is 13.5. The van der Waals surface area contributed by atoms with Crippen molar-refractivity contribution in [2.45, 2.75) is 16.9 Å². The smallest absolute Gasteiger partial charge is 0.230 e. The molecular weight excluding hydrogens is 353 g/mol. The minimum atomic E-state index is -1.69. The standard InChI is InChI=1S/C13H16Cl3N3OS/c1-8-4-6-9(7-5-8)10(20-3)18-11(13(14,15)16)19-12(21)17-2/h4-7,11H,1-3H3,(H2,17,19,21). The maximum Gasteiger partial charge on any atom is 0.230 e. The molecule has 1 rings (SSSR count). The van der Waals surface area contributed by atoms with Gasteiger partial charge in [-0.2, -0.15) is 0 Å². The molecule has 0 aliphatic heterocycles. The third-order valence-corrected chi connectivity index (χ3v) is 3.49. The van der Waals surface area contributed by atoms with Crippen LogP contribution in [0.25, 0.3) is 0 Å². The van der Waals surface area contributed by atoms with E-state index in [2.05, 4.69) is 15.6 Å². The monoisotopic (exact) mass is 367 g/mol. The molecule has 0 saturated carbocycles. The Morgan fingerprint density at radius 2 is 1.86 bits per heavy atom. The average molecular weight is 369 g/mol. The van der Waals surface area contributed by atoms with Crippen molar-refractivity contribution in [2.24, 2.45) is 4.99 Å². The summed E-state index contributed by atoms with van der Waals surface area (Å²) in [5.74, 6) is 0.345. The minimum absolute atomic E-state index is 0.314. The molecule has 0 saturated heterocycles. The first-order valence-corrected chi connectivity index (χ1v) is 7.56. The zero-order valence-electron chi connectivity index (χ0n) is 11.8. The van der Waals surface area contributed by atoms with Gasteiger partial charge in [0, 0.05) is 12.6 Å². The topological polar surface area (TPSA) is 45.7 Å². The van der Waals surface area contributed by atoms with Gasteiger partial charge in [0.15, 0.2) is 11.3 Å².